The van der Waals surface area contributed by atoms with Crippen LogP contribution in [-0.2, 0) is 0 Å². The van der Waals surface area contributed by atoms with Crippen LogP contribution in [0.3, 0.4) is 0 Å². The number of ether oxygens (including phenoxy) is 2. The largest absolute Gasteiger partial charge is 0.493 e. The molecule has 0 aliphatic rings. The second kappa shape index (κ2) is 7.92. The van der Waals surface area contributed by atoms with Crippen molar-refractivity contribution < 1.29 is 13.9 Å². The molecule has 6 aromatic rings. The molecular formula is C30H23NO3. The van der Waals surface area contributed by atoms with Crippen molar-refractivity contribution in [2.45, 2.75) is 6.92 Å². The number of methoxy groups -OCH3 is 2. The maximum absolute atomic E-state index is 6.38. The minimum atomic E-state index is 0.693. The van der Waals surface area contributed by atoms with Gasteiger partial charge in [-0.1, -0.05) is 48.5 Å². The third-order valence-electron chi connectivity index (χ3n) is 6.39. The number of rotatable bonds is 4. The van der Waals surface area contributed by atoms with Crippen LogP contribution in [-0.4, -0.2) is 19.2 Å². The molecule has 0 spiro atoms. The second-order valence-corrected chi connectivity index (χ2v) is 8.39. The number of hydrogen-bond acceptors (Lipinski definition) is 4. The number of nitrogens with zero attached hydrogens (tertiary/aromatic N) is 1. The highest BCUT2D eigenvalue weighted by Gasteiger charge is 2.17. The lowest BCUT2D eigenvalue weighted by Crippen LogP contribution is -1.94. The molecule has 2 heterocycles. The average Bonchev–Trinajstić information content (AvgIpc) is 3.26. The molecule has 0 fully saturated rings. The highest BCUT2D eigenvalue weighted by atomic mass is 16.5. The van der Waals surface area contributed by atoms with Crippen LogP contribution in [0, 0.1) is 6.92 Å². The molecule has 0 aliphatic heterocycles. The van der Waals surface area contributed by atoms with E-state index < -0.39 is 0 Å². The Bertz CT molecular complexity index is 1680. The predicted molar refractivity (Wildman–Crippen MR) is 138 cm³/mol. The fraction of sp³-hybridized carbons (Fsp3) is 0.100. The van der Waals surface area contributed by atoms with Gasteiger partial charge in [0, 0.05) is 27.4 Å². The quantitative estimate of drug-likeness (QED) is 0.278. The van der Waals surface area contributed by atoms with Crippen molar-refractivity contribution in [3.8, 4) is 33.9 Å². The zero-order valence-corrected chi connectivity index (χ0v) is 19.3. The molecule has 4 aromatic carbocycles. The molecule has 0 N–H and O–H groups in total. The standard InChI is InChI=1S/C30H23NO3/c1-18-23-17-29(33-3)28(32-2)16-21(23)15-26(31-18)25-14-20(19-9-5-4-6-10-19)13-24-22-11-7-8-12-27(22)34-30(24)25/h4-17H,1-3H3. The topological polar surface area (TPSA) is 44.5 Å². The van der Waals surface area contributed by atoms with Gasteiger partial charge >= 0.3 is 0 Å². The van der Waals surface area contributed by atoms with Gasteiger partial charge in [0.1, 0.15) is 11.2 Å². The highest BCUT2D eigenvalue weighted by molar-refractivity contribution is 6.11. The molecule has 6 rings (SSSR count). The van der Waals surface area contributed by atoms with Crippen molar-refractivity contribution >= 4 is 32.7 Å². The molecule has 4 heteroatoms. The number of para-hydroxylation sites is 1. The van der Waals surface area contributed by atoms with E-state index in [2.05, 4.69) is 48.5 Å². The molecule has 34 heavy (non-hydrogen) atoms. The van der Waals surface area contributed by atoms with Gasteiger partial charge in [-0.05, 0) is 59.8 Å². The molecule has 0 aliphatic carbocycles. The number of pyridine rings is 1. The van der Waals surface area contributed by atoms with Crippen LogP contribution in [0.25, 0.3) is 55.1 Å². The average molecular weight is 446 g/mol. The van der Waals surface area contributed by atoms with Gasteiger partial charge in [-0.25, -0.2) is 0 Å². The van der Waals surface area contributed by atoms with Gasteiger partial charge in [0.05, 0.1) is 19.9 Å². The number of fused-ring (bicyclic) bond motifs is 4. The molecule has 0 amide bonds. The minimum absolute atomic E-state index is 0.693. The van der Waals surface area contributed by atoms with Crippen molar-refractivity contribution in [1.29, 1.82) is 0 Å². The van der Waals surface area contributed by atoms with Crippen LogP contribution in [0.1, 0.15) is 5.69 Å². The first kappa shape index (κ1) is 20.3. The highest BCUT2D eigenvalue weighted by Crippen LogP contribution is 2.41. The van der Waals surface area contributed by atoms with E-state index in [1.807, 2.05) is 43.3 Å². The van der Waals surface area contributed by atoms with Crippen LogP contribution in [0.4, 0.5) is 0 Å². The van der Waals surface area contributed by atoms with Crippen molar-refractivity contribution in [3.63, 3.8) is 0 Å². The van der Waals surface area contributed by atoms with Gasteiger partial charge in [0.2, 0.25) is 0 Å². The van der Waals surface area contributed by atoms with Crippen LogP contribution in [0.15, 0.2) is 89.3 Å². The third-order valence-corrected chi connectivity index (χ3v) is 6.39. The Hall–Kier alpha value is -4.31. The first-order valence-electron chi connectivity index (χ1n) is 11.2. The first-order valence-corrected chi connectivity index (χ1v) is 11.2. The monoisotopic (exact) mass is 445 g/mol. The molecule has 0 bridgehead atoms. The van der Waals surface area contributed by atoms with Crippen molar-refractivity contribution in [2.75, 3.05) is 14.2 Å². The normalized spacial score (nSPS) is 11.4. The van der Waals surface area contributed by atoms with E-state index in [0.717, 1.165) is 60.8 Å². The van der Waals surface area contributed by atoms with E-state index in [9.17, 15) is 0 Å². The van der Waals surface area contributed by atoms with Gasteiger partial charge < -0.3 is 13.9 Å². The van der Waals surface area contributed by atoms with Crippen molar-refractivity contribution in [1.82, 2.24) is 4.98 Å². The zero-order valence-electron chi connectivity index (χ0n) is 19.3. The number of benzene rings is 4. The summed E-state index contributed by atoms with van der Waals surface area (Å²) in [5, 5.41) is 4.25. The summed E-state index contributed by atoms with van der Waals surface area (Å²) < 4.78 is 17.4. The molecule has 0 unspecified atom stereocenters. The molecule has 4 nitrogen and oxygen atoms in total. The summed E-state index contributed by atoms with van der Waals surface area (Å²) in [5.74, 6) is 1.39. The van der Waals surface area contributed by atoms with E-state index in [1.54, 1.807) is 14.2 Å². The van der Waals surface area contributed by atoms with E-state index in [-0.39, 0.29) is 0 Å². The second-order valence-electron chi connectivity index (χ2n) is 8.39. The van der Waals surface area contributed by atoms with E-state index in [4.69, 9.17) is 18.9 Å². The maximum Gasteiger partial charge on any atom is 0.161 e. The number of aromatic nitrogens is 1. The fourth-order valence-corrected chi connectivity index (χ4v) is 4.70. The number of aryl methyl sites for hydroxylation is 1. The van der Waals surface area contributed by atoms with E-state index >= 15 is 0 Å². The molecule has 2 aromatic heterocycles. The summed E-state index contributed by atoms with van der Waals surface area (Å²) in [6.45, 7) is 2.02. The summed E-state index contributed by atoms with van der Waals surface area (Å²) >= 11 is 0. The Labute approximate surface area is 197 Å². The van der Waals surface area contributed by atoms with Gasteiger partial charge in [0.25, 0.3) is 0 Å². The first-order chi connectivity index (χ1) is 16.7. The maximum atomic E-state index is 6.38. The zero-order chi connectivity index (χ0) is 23.2. The summed E-state index contributed by atoms with van der Waals surface area (Å²) in [4.78, 5) is 5.00. The van der Waals surface area contributed by atoms with E-state index in [0.29, 0.717) is 11.5 Å². The lowest BCUT2D eigenvalue weighted by molar-refractivity contribution is 0.356. The fourth-order valence-electron chi connectivity index (χ4n) is 4.70. The Morgan fingerprint density at radius 1 is 0.676 bits per heavy atom. The lowest BCUT2D eigenvalue weighted by atomic mass is 9.96. The molecule has 0 radical (unpaired) electrons. The van der Waals surface area contributed by atoms with Gasteiger partial charge in [0.15, 0.2) is 11.5 Å². The Morgan fingerprint density at radius 2 is 1.41 bits per heavy atom. The van der Waals surface area contributed by atoms with Crippen LogP contribution in [0.2, 0.25) is 0 Å². The molecule has 0 atom stereocenters. The molecule has 166 valence electrons. The summed E-state index contributed by atoms with van der Waals surface area (Å²) in [7, 11) is 3.30. The summed E-state index contributed by atoms with van der Waals surface area (Å²) in [6, 6.07) is 29.0. The summed E-state index contributed by atoms with van der Waals surface area (Å²) in [6.07, 6.45) is 0. The lowest BCUT2D eigenvalue weighted by Gasteiger charge is -2.13. The number of furan rings is 1. The van der Waals surface area contributed by atoms with Crippen molar-refractivity contribution in [2.24, 2.45) is 0 Å². The summed E-state index contributed by atoms with van der Waals surface area (Å²) in [5.41, 5.74) is 6.73. The van der Waals surface area contributed by atoms with Crippen LogP contribution < -0.4 is 9.47 Å². The van der Waals surface area contributed by atoms with Gasteiger partial charge in [-0.3, -0.25) is 4.98 Å². The predicted octanol–water partition coefficient (Wildman–Crippen LogP) is 7.79. The van der Waals surface area contributed by atoms with Gasteiger partial charge in [-0.15, -0.1) is 0 Å². The van der Waals surface area contributed by atoms with E-state index in [1.165, 1.54) is 0 Å². The molecular weight excluding hydrogens is 422 g/mol. The van der Waals surface area contributed by atoms with Crippen LogP contribution in [0.5, 0.6) is 11.5 Å². The molecule has 0 saturated carbocycles. The smallest absolute Gasteiger partial charge is 0.161 e. The Kier molecular flexibility index (Phi) is 4.73. The Balaban J connectivity index is 1.67. The van der Waals surface area contributed by atoms with Crippen LogP contribution >= 0.6 is 0 Å². The number of hydrogen-bond donors (Lipinski definition) is 0. The SMILES string of the molecule is COc1cc2cc(-c3cc(-c4ccccc4)cc4c3oc3ccccc34)nc(C)c2cc1OC. The van der Waals surface area contributed by atoms with Gasteiger partial charge in [-0.2, -0.15) is 0 Å². The van der Waals surface area contributed by atoms with Crippen molar-refractivity contribution in [3.05, 3.63) is 90.6 Å². The minimum Gasteiger partial charge on any atom is -0.493 e. The molecule has 0 saturated heterocycles. The Morgan fingerprint density at radius 3 is 2.21 bits per heavy atom. The third kappa shape index (κ3) is 3.19.